The molecule has 1 saturated heterocycles. The van der Waals surface area contributed by atoms with Crippen LogP contribution < -0.4 is 4.90 Å². The summed E-state index contributed by atoms with van der Waals surface area (Å²) in [5, 5.41) is 20.9. The second-order valence-corrected chi connectivity index (χ2v) is 9.83. The van der Waals surface area contributed by atoms with Crippen LogP contribution in [-0.4, -0.2) is 83.9 Å². The topological polar surface area (TPSA) is 163 Å². The summed E-state index contributed by atoms with van der Waals surface area (Å²) in [7, 11) is -2.42. The fourth-order valence-electron chi connectivity index (χ4n) is 4.16. The second kappa shape index (κ2) is 8.87. The second-order valence-electron chi connectivity index (χ2n) is 7.90. The maximum atomic E-state index is 10.9. The van der Waals surface area contributed by atoms with E-state index in [2.05, 4.69) is 15.0 Å². The van der Waals surface area contributed by atoms with Crippen molar-refractivity contribution in [2.75, 3.05) is 24.9 Å². The molecule has 0 amide bonds. The van der Waals surface area contributed by atoms with E-state index in [-0.39, 0.29) is 11.9 Å². The summed E-state index contributed by atoms with van der Waals surface area (Å²) in [6.45, 7) is -0.308. The summed E-state index contributed by atoms with van der Waals surface area (Å²) in [6, 6.07) is 0.324. The number of aliphatic hydroxyl groups excluding tert-OH is 2. The van der Waals surface area contributed by atoms with Gasteiger partial charge in [-0.05, 0) is 24.4 Å². The van der Waals surface area contributed by atoms with Crippen molar-refractivity contribution in [3.63, 3.8) is 0 Å². The normalized spacial score (nSPS) is 27.4. The Kier molecular flexibility index (Phi) is 6.53. The monoisotopic (exact) mass is 477 g/mol. The molecule has 1 saturated carbocycles. The molecule has 2 fully saturated rings. The number of rotatable bonds is 7. The third kappa shape index (κ3) is 4.71. The Morgan fingerprint density at radius 2 is 2.00 bits per heavy atom. The molecule has 4 rings (SSSR count). The summed E-state index contributed by atoms with van der Waals surface area (Å²) in [5.41, 5.74) is 0.832. The first-order valence-electron chi connectivity index (χ1n) is 9.92. The zero-order valence-electron chi connectivity index (χ0n) is 16.8. The van der Waals surface area contributed by atoms with Crippen LogP contribution in [-0.2, 0) is 14.0 Å². The quantitative estimate of drug-likeness (QED) is 0.326. The Morgan fingerprint density at radius 1 is 1.29 bits per heavy atom. The fourth-order valence-corrected chi connectivity index (χ4v) is 4.66. The molecule has 1 aliphatic carbocycles. The molecule has 0 radical (unpaired) electrons. The first kappa shape index (κ1) is 22.8. The van der Waals surface area contributed by atoms with E-state index in [1.165, 1.54) is 10.9 Å². The number of aromatic nitrogens is 4. The molecule has 0 aromatic carbocycles. The summed E-state index contributed by atoms with van der Waals surface area (Å²) in [4.78, 5) is 32.8. The van der Waals surface area contributed by atoms with E-state index in [9.17, 15) is 14.8 Å². The van der Waals surface area contributed by atoms with Crippen molar-refractivity contribution in [3.05, 3.63) is 11.6 Å². The van der Waals surface area contributed by atoms with Crippen LogP contribution >= 0.6 is 19.2 Å². The van der Waals surface area contributed by atoms with Crippen molar-refractivity contribution in [1.29, 1.82) is 0 Å². The van der Waals surface area contributed by atoms with Crippen molar-refractivity contribution in [3.8, 4) is 0 Å². The van der Waals surface area contributed by atoms with Crippen LogP contribution in [0.5, 0.6) is 0 Å². The highest BCUT2D eigenvalue weighted by Crippen LogP contribution is 2.37. The smallest absolute Gasteiger partial charge is 0.350 e. The third-order valence-corrected chi connectivity index (χ3v) is 6.42. The molecule has 31 heavy (non-hydrogen) atoms. The molecule has 2 aliphatic rings. The molecular weight excluding hydrogens is 453 g/mol. The predicted octanol–water partition coefficient (Wildman–Crippen LogP) is 0.629. The van der Waals surface area contributed by atoms with Crippen LogP contribution in [0.4, 0.5) is 5.82 Å². The van der Waals surface area contributed by atoms with E-state index in [1.807, 2.05) is 11.9 Å². The molecule has 1 aliphatic heterocycles. The lowest BCUT2D eigenvalue weighted by molar-refractivity contribution is -0.0612. The van der Waals surface area contributed by atoms with Crippen molar-refractivity contribution in [2.45, 2.75) is 56.3 Å². The van der Waals surface area contributed by atoms with Gasteiger partial charge in [-0.2, -0.15) is 9.97 Å². The van der Waals surface area contributed by atoms with Gasteiger partial charge in [0, 0.05) is 13.1 Å². The van der Waals surface area contributed by atoms with Gasteiger partial charge in [-0.25, -0.2) is 4.98 Å². The van der Waals surface area contributed by atoms with Crippen LogP contribution in [0.25, 0.3) is 11.2 Å². The van der Waals surface area contributed by atoms with Crippen LogP contribution in [0.15, 0.2) is 6.33 Å². The zero-order chi connectivity index (χ0) is 22.3. The SMILES string of the molecule is CN(c1nc(Cl)nc2c1ncn2[C@@H]1OC(COCP(=O)(O)O)[C@@H](O)[C@H]1O)C1CCCC1. The maximum absolute atomic E-state index is 10.9. The number of ether oxygens (including phenoxy) is 2. The Labute approximate surface area is 182 Å². The lowest BCUT2D eigenvalue weighted by atomic mass is 10.1. The Morgan fingerprint density at radius 3 is 2.68 bits per heavy atom. The highest BCUT2D eigenvalue weighted by Gasteiger charge is 2.44. The van der Waals surface area contributed by atoms with Gasteiger partial charge in [0.1, 0.15) is 24.7 Å². The summed E-state index contributed by atoms with van der Waals surface area (Å²) >= 11 is 6.18. The third-order valence-electron chi connectivity index (χ3n) is 5.74. The van der Waals surface area contributed by atoms with Gasteiger partial charge in [0.2, 0.25) is 5.28 Å². The number of nitrogens with zero attached hydrogens (tertiary/aromatic N) is 5. The molecule has 12 nitrogen and oxygen atoms in total. The molecule has 14 heteroatoms. The number of anilines is 1. The van der Waals surface area contributed by atoms with Gasteiger partial charge in [-0.1, -0.05) is 12.8 Å². The average Bonchev–Trinajstić information content (AvgIpc) is 3.42. The molecule has 3 heterocycles. The van der Waals surface area contributed by atoms with Gasteiger partial charge in [0.25, 0.3) is 0 Å². The Balaban J connectivity index is 1.59. The lowest BCUT2D eigenvalue weighted by Gasteiger charge is -2.25. The minimum atomic E-state index is -4.36. The summed E-state index contributed by atoms with van der Waals surface area (Å²) in [6.07, 6.45) is 0.299. The van der Waals surface area contributed by atoms with Crippen LogP contribution in [0.3, 0.4) is 0 Å². The molecule has 4 atom stereocenters. The number of halogens is 1. The first-order chi connectivity index (χ1) is 14.7. The van der Waals surface area contributed by atoms with E-state index in [0.717, 1.165) is 25.7 Å². The summed E-state index contributed by atoms with van der Waals surface area (Å²) in [5.74, 6) is 0.579. The predicted molar refractivity (Wildman–Crippen MR) is 110 cm³/mol. The standard InChI is InChI=1S/C17H25ClN5O7P/c1-22(9-4-2-3-5-9)14-11-15(21-17(18)20-14)23(7-19-11)16-13(25)12(24)10(30-16)6-29-8-31(26,27)28/h7,9-10,12-13,16,24-25H,2-6,8H2,1H3,(H2,26,27,28)/t10?,12-,13-,16-/m1/s1. The first-order valence-corrected chi connectivity index (χ1v) is 12.1. The van der Waals surface area contributed by atoms with E-state index in [1.54, 1.807) is 0 Å². The minimum Gasteiger partial charge on any atom is -0.387 e. The molecule has 4 N–H and O–H groups in total. The van der Waals surface area contributed by atoms with Crippen molar-refractivity contribution < 1.29 is 34.0 Å². The van der Waals surface area contributed by atoms with Gasteiger partial charge < -0.3 is 34.4 Å². The largest absolute Gasteiger partial charge is 0.387 e. The van der Waals surface area contributed by atoms with E-state index in [4.69, 9.17) is 30.9 Å². The van der Waals surface area contributed by atoms with Crippen LogP contribution in [0.2, 0.25) is 5.28 Å². The number of aliphatic hydroxyl groups is 2. The molecule has 172 valence electrons. The Hall–Kier alpha value is -1.37. The number of imidazole rings is 1. The molecule has 0 spiro atoms. The number of hydrogen-bond donors (Lipinski definition) is 4. The number of hydrogen-bond acceptors (Lipinski definition) is 9. The van der Waals surface area contributed by atoms with Gasteiger partial charge in [-0.3, -0.25) is 9.13 Å². The molecule has 2 aromatic heterocycles. The highest BCUT2D eigenvalue weighted by atomic mass is 35.5. The van der Waals surface area contributed by atoms with Gasteiger partial charge in [-0.15, -0.1) is 0 Å². The Bertz CT molecular complexity index is 981. The highest BCUT2D eigenvalue weighted by molar-refractivity contribution is 7.51. The van der Waals surface area contributed by atoms with Crippen molar-refractivity contribution in [1.82, 2.24) is 19.5 Å². The van der Waals surface area contributed by atoms with E-state index >= 15 is 0 Å². The van der Waals surface area contributed by atoms with Gasteiger partial charge in [0.05, 0.1) is 12.9 Å². The number of fused-ring (bicyclic) bond motifs is 1. The fraction of sp³-hybridized carbons (Fsp3) is 0.706. The maximum Gasteiger partial charge on any atom is 0.350 e. The van der Waals surface area contributed by atoms with Crippen LogP contribution in [0.1, 0.15) is 31.9 Å². The molecular formula is C17H25ClN5O7P. The van der Waals surface area contributed by atoms with Gasteiger partial charge in [0.15, 0.2) is 23.2 Å². The lowest BCUT2D eigenvalue weighted by Crippen LogP contribution is -2.34. The molecule has 1 unspecified atom stereocenters. The summed E-state index contributed by atoms with van der Waals surface area (Å²) < 4.78 is 23.1. The minimum absolute atomic E-state index is 0.0173. The van der Waals surface area contributed by atoms with E-state index in [0.29, 0.717) is 23.0 Å². The van der Waals surface area contributed by atoms with Gasteiger partial charge >= 0.3 is 7.60 Å². The average molecular weight is 478 g/mol. The zero-order valence-corrected chi connectivity index (χ0v) is 18.4. The van der Waals surface area contributed by atoms with Crippen molar-refractivity contribution >= 4 is 36.2 Å². The van der Waals surface area contributed by atoms with Crippen molar-refractivity contribution in [2.24, 2.45) is 0 Å². The molecule has 2 aromatic rings. The molecule has 0 bridgehead atoms. The van der Waals surface area contributed by atoms with Crippen LogP contribution in [0, 0.1) is 0 Å². The van der Waals surface area contributed by atoms with E-state index < -0.39 is 38.5 Å².